The normalized spacial score (nSPS) is 16.7. The van der Waals surface area contributed by atoms with Crippen LogP contribution in [0.3, 0.4) is 0 Å². The Labute approximate surface area is 104 Å². The van der Waals surface area contributed by atoms with Gasteiger partial charge in [-0.2, -0.15) is 0 Å². The summed E-state index contributed by atoms with van der Waals surface area (Å²) in [6.45, 7) is 1.30. The van der Waals surface area contributed by atoms with E-state index in [-0.39, 0.29) is 5.82 Å². The summed E-state index contributed by atoms with van der Waals surface area (Å²) < 4.78 is 0. The van der Waals surface area contributed by atoms with Gasteiger partial charge in [0.25, 0.3) is 0 Å². The third-order valence-corrected chi connectivity index (χ3v) is 2.84. The molecule has 18 heavy (non-hydrogen) atoms. The zero-order valence-corrected chi connectivity index (χ0v) is 9.91. The van der Waals surface area contributed by atoms with Crippen molar-refractivity contribution in [3.05, 3.63) is 29.6 Å². The van der Waals surface area contributed by atoms with Crippen LogP contribution in [0.5, 0.6) is 0 Å². The average molecular weight is 252 g/mol. The van der Waals surface area contributed by atoms with E-state index in [4.69, 9.17) is 5.11 Å². The van der Waals surface area contributed by atoms with Crippen LogP contribution >= 0.6 is 0 Å². The number of aryl methyl sites for hydroxylation is 1. The van der Waals surface area contributed by atoms with Crippen molar-refractivity contribution in [1.29, 1.82) is 0 Å². The lowest BCUT2D eigenvalue weighted by Gasteiger charge is -2.19. The van der Waals surface area contributed by atoms with Crippen LogP contribution in [0.15, 0.2) is 18.2 Å². The summed E-state index contributed by atoms with van der Waals surface area (Å²) >= 11 is 0. The zero-order chi connectivity index (χ0) is 13.3. The molecule has 0 spiro atoms. The summed E-state index contributed by atoms with van der Waals surface area (Å²) in [4.78, 5) is 7.02. The van der Waals surface area contributed by atoms with E-state index in [0.29, 0.717) is 5.52 Å². The van der Waals surface area contributed by atoms with E-state index < -0.39 is 24.9 Å². The van der Waals surface area contributed by atoms with Gasteiger partial charge in [-0.3, -0.25) is 0 Å². The van der Waals surface area contributed by atoms with E-state index >= 15 is 0 Å². The first-order valence-electron chi connectivity index (χ1n) is 5.64. The lowest BCUT2D eigenvalue weighted by Crippen LogP contribution is -2.35. The molecule has 1 aromatic carbocycles. The Kier molecular flexibility index (Phi) is 3.63. The van der Waals surface area contributed by atoms with E-state index in [1.807, 2.05) is 19.1 Å². The van der Waals surface area contributed by atoms with Crippen molar-refractivity contribution in [2.24, 2.45) is 0 Å². The second kappa shape index (κ2) is 5.03. The van der Waals surface area contributed by atoms with Gasteiger partial charge in [-0.05, 0) is 24.6 Å². The SMILES string of the molecule is Cc1ccc2nc([C@@H](O)[C@H](O)[C@H](O)CO)[nH]c2c1. The molecule has 6 nitrogen and oxygen atoms in total. The Balaban J connectivity index is 2.30. The van der Waals surface area contributed by atoms with Crippen LogP contribution in [0.4, 0.5) is 0 Å². The largest absolute Gasteiger partial charge is 0.394 e. The van der Waals surface area contributed by atoms with Crippen molar-refractivity contribution < 1.29 is 20.4 Å². The topological polar surface area (TPSA) is 110 Å². The maximum atomic E-state index is 9.85. The Hall–Kier alpha value is -1.47. The second-order valence-electron chi connectivity index (χ2n) is 4.33. The predicted octanol–water partition coefficient (Wildman–Crippen LogP) is -0.381. The molecular weight excluding hydrogens is 236 g/mol. The third kappa shape index (κ3) is 2.37. The lowest BCUT2D eigenvalue weighted by molar-refractivity contribution is -0.0800. The van der Waals surface area contributed by atoms with Crippen molar-refractivity contribution in [3.63, 3.8) is 0 Å². The molecule has 1 heterocycles. The summed E-state index contributed by atoms with van der Waals surface area (Å²) in [6, 6.07) is 5.55. The molecule has 5 N–H and O–H groups in total. The fraction of sp³-hybridized carbons (Fsp3) is 0.417. The predicted molar refractivity (Wildman–Crippen MR) is 64.9 cm³/mol. The van der Waals surface area contributed by atoms with Crippen molar-refractivity contribution >= 4 is 11.0 Å². The standard InChI is InChI=1S/C12H16N2O4/c1-6-2-3-7-8(4-6)14-12(13-7)11(18)10(17)9(16)5-15/h2-4,9-11,15-18H,5H2,1H3,(H,13,14)/t9-,10-,11+/m1/s1. The molecule has 6 heteroatoms. The van der Waals surface area contributed by atoms with Crippen LogP contribution in [0, 0.1) is 6.92 Å². The van der Waals surface area contributed by atoms with E-state index in [1.54, 1.807) is 6.07 Å². The second-order valence-corrected chi connectivity index (χ2v) is 4.33. The number of nitrogens with zero attached hydrogens (tertiary/aromatic N) is 1. The third-order valence-electron chi connectivity index (χ3n) is 2.84. The highest BCUT2D eigenvalue weighted by atomic mass is 16.4. The summed E-state index contributed by atoms with van der Waals surface area (Å²) in [7, 11) is 0. The Morgan fingerprint density at radius 1 is 1.28 bits per heavy atom. The number of aromatic nitrogens is 2. The molecule has 0 radical (unpaired) electrons. The molecule has 0 saturated heterocycles. The van der Waals surface area contributed by atoms with Crippen LogP contribution in [-0.2, 0) is 0 Å². The number of rotatable bonds is 4. The molecule has 0 aliphatic carbocycles. The van der Waals surface area contributed by atoms with Gasteiger partial charge in [-0.1, -0.05) is 6.07 Å². The van der Waals surface area contributed by atoms with Gasteiger partial charge in [0.1, 0.15) is 24.1 Å². The smallest absolute Gasteiger partial charge is 0.140 e. The number of aromatic amines is 1. The molecule has 0 aliphatic rings. The number of imidazole rings is 1. The molecule has 0 aliphatic heterocycles. The zero-order valence-electron chi connectivity index (χ0n) is 9.91. The fourth-order valence-electron chi connectivity index (χ4n) is 1.76. The van der Waals surface area contributed by atoms with Gasteiger partial charge in [-0.15, -0.1) is 0 Å². The lowest BCUT2D eigenvalue weighted by atomic mass is 10.1. The quantitative estimate of drug-likeness (QED) is 0.509. The van der Waals surface area contributed by atoms with Crippen molar-refractivity contribution in [2.75, 3.05) is 6.61 Å². The number of aliphatic hydroxyl groups excluding tert-OH is 4. The highest BCUT2D eigenvalue weighted by Crippen LogP contribution is 2.20. The molecule has 3 atom stereocenters. The van der Waals surface area contributed by atoms with E-state index in [2.05, 4.69) is 9.97 Å². The van der Waals surface area contributed by atoms with E-state index in [1.165, 1.54) is 0 Å². The van der Waals surface area contributed by atoms with Gasteiger partial charge in [0.05, 0.1) is 17.6 Å². The number of H-pyrrole nitrogens is 1. The fourth-order valence-corrected chi connectivity index (χ4v) is 1.76. The van der Waals surface area contributed by atoms with E-state index in [9.17, 15) is 15.3 Å². The molecule has 98 valence electrons. The maximum Gasteiger partial charge on any atom is 0.140 e. The molecule has 0 unspecified atom stereocenters. The van der Waals surface area contributed by atoms with Gasteiger partial charge in [0.15, 0.2) is 0 Å². The minimum Gasteiger partial charge on any atom is -0.394 e. The van der Waals surface area contributed by atoms with E-state index in [0.717, 1.165) is 11.1 Å². The first-order chi connectivity index (χ1) is 8.52. The molecule has 2 aromatic rings. The monoisotopic (exact) mass is 252 g/mol. The van der Waals surface area contributed by atoms with Gasteiger partial charge in [0.2, 0.25) is 0 Å². The first kappa shape index (κ1) is 13.0. The van der Waals surface area contributed by atoms with Crippen LogP contribution in [0.2, 0.25) is 0 Å². The van der Waals surface area contributed by atoms with Gasteiger partial charge in [-0.25, -0.2) is 4.98 Å². The average Bonchev–Trinajstić information content (AvgIpc) is 2.78. The summed E-state index contributed by atoms with van der Waals surface area (Å²) in [5, 5.41) is 37.4. The molecular formula is C12H16N2O4. The van der Waals surface area contributed by atoms with Crippen LogP contribution < -0.4 is 0 Å². The summed E-state index contributed by atoms with van der Waals surface area (Å²) in [5.74, 6) is 0.163. The highest BCUT2D eigenvalue weighted by molar-refractivity contribution is 5.75. The Morgan fingerprint density at radius 2 is 2.00 bits per heavy atom. The number of hydrogen-bond donors (Lipinski definition) is 5. The van der Waals surface area contributed by atoms with Crippen molar-refractivity contribution in [1.82, 2.24) is 9.97 Å². The minimum absolute atomic E-state index is 0.163. The van der Waals surface area contributed by atoms with Gasteiger partial charge >= 0.3 is 0 Å². The van der Waals surface area contributed by atoms with Crippen LogP contribution in [0.1, 0.15) is 17.5 Å². The first-order valence-corrected chi connectivity index (χ1v) is 5.64. The van der Waals surface area contributed by atoms with Crippen LogP contribution in [-0.4, -0.2) is 49.2 Å². The molecule has 0 amide bonds. The molecule has 2 rings (SSSR count). The van der Waals surface area contributed by atoms with Gasteiger partial charge in [0, 0.05) is 0 Å². The number of nitrogens with one attached hydrogen (secondary N) is 1. The molecule has 0 fully saturated rings. The van der Waals surface area contributed by atoms with Crippen molar-refractivity contribution in [3.8, 4) is 0 Å². The number of benzene rings is 1. The highest BCUT2D eigenvalue weighted by Gasteiger charge is 2.27. The summed E-state index contributed by atoms with van der Waals surface area (Å²) in [5.41, 5.74) is 2.46. The minimum atomic E-state index is -1.49. The maximum absolute atomic E-state index is 9.85. The number of aliphatic hydroxyl groups is 4. The van der Waals surface area contributed by atoms with Crippen LogP contribution in [0.25, 0.3) is 11.0 Å². The number of hydrogen-bond acceptors (Lipinski definition) is 5. The number of fused-ring (bicyclic) bond motifs is 1. The molecule has 0 saturated carbocycles. The van der Waals surface area contributed by atoms with Gasteiger partial charge < -0.3 is 25.4 Å². The Bertz CT molecular complexity index is 540. The molecule has 0 bridgehead atoms. The van der Waals surface area contributed by atoms with Crippen molar-refractivity contribution in [2.45, 2.75) is 25.2 Å². The summed E-state index contributed by atoms with van der Waals surface area (Å²) in [6.07, 6.45) is -4.27. The Morgan fingerprint density at radius 3 is 2.67 bits per heavy atom. The molecule has 1 aromatic heterocycles.